The molecule has 0 fully saturated rings. The lowest BCUT2D eigenvalue weighted by Crippen LogP contribution is -2.40. The zero-order valence-corrected chi connectivity index (χ0v) is 13.2. The van der Waals surface area contributed by atoms with Crippen molar-refractivity contribution in [3.05, 3.63) is 53.3 Å². The van der Waals surface area contributed by atoms with E-state index in [0.717, 1.165) is 43.2 Å². The Kier molecular flexibility index (Phi) is 3.67. The minimum absolute atomic E-state index is 0.411. The molecule has 6 nitrogen and oxygen atoms in total. The molecular formula is C17H20N6. The van der Waals surface area contributed by atoms with E-state index < -0.39 is 0 Å². The third kappa shape index (κ3) is 2.77. The maximum absolute atomic E-state index is 4.59. The van der Waals surface area contributed by atoms with Crippen molar-refractivity contribution in [1.82, 2.24) is 25.1 Å². The molecule has 0 saturated heterocycles. The molecule has 0 amide bonds. The van der Waals surface area contributed by atoms with Crippen LogP contribution in [0.25, 0.3) is 5.65 Å². The third-order valence-corrected chi connectivity index (χ3v) is 4.34. The highest BCUT2D eigenvalue weighted by atomic mass is 15.4. The monoisotopic (exact) mass is 308 g/mol. The molecule has 0 radical (unpaired) electrons. The number of rotatable bonds is 4. The molecule has 2 N–H and O–H groups in total. The smallest absolute Gasteiger partial charge is 0.178 e. The molecule has 1 aliphatic rings. The number of hydrogen-bond acceptors (Lipinski definition) is 5. The van der Waals surface area contributed by atoms with Gasteiger partial charge in [0.25, 0.3) is 0 Å². The van der Waals surface area contributed by atoms with Crippen molar-refractivity contribution in [1.29, 1.82) is 0 Å². The number of fused-ring (bicyclic) bond motifs is 2. The molecule has 23 heavy (non-hydrogen) atoms. The molecule has 118 valence electrons. The van der Waals surface area contributed by atoms with E-state index in [4.69, 9.17) is 0 Å². The number of anilines is 1. The van der Waals surface area contributed by atoms with Gasteiger partial charge in [-0.05, 0) is 29.7 Å². The molecule has 0 spiro atoms. The highest BCUT2D eigenvalue weighted by Crippen LogP contribution is 2.16. The van der Waals surface area contributed by atoms with Gasteiger partial charge >= 0.3 is 0 Å². The van der Waals surface area contributed by atoms with Gasteiger partial charge in [0.2, 0.25) is 0 Å². The van der Waals surface area contributed by atoms with Crippen LogP contribution < -0.4 is 10.6 Å². The van der Waals surface area contributed by atoms with Crippen molar-refractivity contribution >= 4 is 11.5 Å². The molecule has 0 saturated carbocycles. The number of benzene rings is 1. The fourth-order valence-electron chi connectivity index (χ4n) is 3.04. The fraction of sp³-hybridized carbons (Fsp3) is 0.353. The Labute approximate surface area is 134 Å². The predicted octanol–water partition coefficient (Wildman–Crippen LogP) is 1.81. The van der Waals surface area contributed by atoms with E-state index in [1.807, 2.05) is 16.6 Å². The predicted molar refractivity (Wildman–Crippen MR) is 89.4 cm³/mol. The minimum Gasteiger partial charge on any atom is -0.367 e. The first kappa shape index (κ1) is 14.1. The first-order chi connectivity index (χ1) is 11.3. The summed E-state index contributed by atoms with van der Waals surface area (Å²) in [6, 6.07) is 12.9. The lowest BCUT2D eigenvalue weighted by molar-refractivity contribution is 0.496. The summed E-state index contributed by atoms with van der Waals surface area (Å²) in [7, 11) is 0. The van der Waals surface area contributed by atoms with E-state index in [0.29, 0.717) is 6.04 Å². The summed E-state index contributed by atoms with van der Waals surface area (Å²) in [6.07, 6.45) is 1.86. The average molecular weight is 308 g/mol. The number of aryl methyl sites for hydroxylation is 1. The summed E-state index contributed by atoms with van der Waals surface area (Å²) in [5, 5.41) is 19.9. The van der Waals surface area contributed by atoms with Gasteiger partial charge in [0.05, 0.1) is 0 Å². The van der Waals surface area contributed by atoms with Gasteiger partial charge in [-0.3, -0.25) is 0 Å². The Hall–Kier alpha value is -2.47. The van der Waals surface area contributed by atoms with Crippen LogP contribution in [0.3, 0.4) is 0 Å². The van der Waals surface area contributed by atoms with E-state index >= 15 is 0 Å². The molecule has 0 aliphatic carbocycles. The standard InChI is InChI=1S/C17H20N6/c1-2-16-20-21-17-8-7-15(22-23(16)17)19-11-14-9-12-5-3-4-6-13(12)10-18-14/h3-8,14,18H,2,9-11H2,1H3,(H,19,22). The Morgan fingerprint density at radius 2 is 2.04 bits per heavy atom. The van der Waals surface area contributed by atoms with Gasteiger partial charge in [-0.15, -0.1) is 15.3 Å². The molecular weight excluding hydrogens is 288 g/mol. The molecule has 0 bridgehead atoms. The summed E-state index contributed by atoms with van der Waals surface area (Å²) in [4.78, 5) is 0. The minimum atomic E-state index is 0.411. The second kappa shape index (κ2) is 5.96. The highest BCUT2D eigenvalue weighted by molar-refractivity contribution is 5.44. The topological polar surface area (TPSA) is 67.1 Å². The zero-order chi connectivity index (χ0) is 15.6. The molecule has 1 aliphatic heterocycles. The first-order valence-electron chi connectivity index (χ1n) is 8.09. The second-order valence-electron chi connectivity index (χ2n) is 5.89. The number of nitrogens with zero attached hydrogens (tertiary/aromatic N) is 4. The van der Waals surface area contributed by atoms with Crippen LogP contribution in [0, 0.1) is 0 Å². The zero-order valence-electron chi connectivity index (χ0n) is 13.2. The van der Waals surface area contributed by atoms with Crippen LogP contribution >= 0.6 is 0 Å². The SMILES string of the molecule is CCc1nnc2ccc(NCC3Cc4ccccc4CN3)nn12. The highest BCUT2D eigenvalue weighted by Gasteiger charge is 2.17. The molecule has 3 aromatic rings. The maximum Gasteiger partial charge on any atom is 0.178 e. The van der Waals surface area contributed by atoms with Crippen LogP contribution in [0.5, 0.6) is 0 Å². The van der Waals surface area contributed by atoms with Crippen molar-refractivity contribution in [3.8, 4) is 0 Å². The van der Waals surface area contributed by atoms with Crippen LogP contribution in [0.4, 0.5) is 5.82 Å². The summed E-state index contributed by atoms with van der Waals surface area (Å²) < 4.78 is 1.81. The Morgan fingerprint density at radius 1 is 1.17 bits per heavy atom. The largest absolute Gasteiger partial charge is 0.367 e. The normalized spacial score (nSPS) is 17.2. The van der Waals surface area contributed by atoms with Gasteiger partial charge in [0.15, 0.2) is 11.5 Å². The molecule has 2 aromatic heterocycles. The number of hydrogen-bond donors (Lipinski definition) is 2. The quantitative estimate of drug-likeness (QED) is 0.769. The van der Waals surface area contributed by atoms with Gasteiger partial charge < -0.3 is 10.6 Å². The van der Waals surface area contributed by atoms with Crippen LogP contribution in [0.15, 0.2) is 36.4 Å². The summed E-state index contributed by atoms with van der Waals surface area (Å²) in [5.74, 6) is 1.74. The van der Waals surface area contributed by atoms with E-state index in [9.17, 15) is 0 Å². The van der Waals surface area contributed by atoms with Crippen molar-refractivity contribution in [2.75, 3.05) is 11.9 Å². The van der Waals surface area contributed by atoms with Crippen LogP contribution in [0.2, 0.25) is 0 Å². The van der Waals surface area contributed by atoms with E-state index in [1.165, 1.54) is 11.1 Å². The Balaban J connectivity index is 1.45. The van der Waals surface area contributed by atoms with E-state index in [2.05, 4.69) is 57.1 Å². The van der Waals surface area contributed by atoms with Gasteiger partial charge in [0, 0.05) is 25.6 Å². The van der Waals surface area contributed by atoms with E-state index in [-0.39, 0.29) is 0 Å². The molecule has 1 aromatic carbocycles. The van der Waals surface area contributed by atoms with Crippen molar-refractivity contribution < 1.29 is 0 Å². The van der Waals surface area contributed by atoms with Gasteiger partial charge in [-0.2, -0.15) is 4.52 Å². The first-order valence-corrected chi connectivity index (χ1v) is 8.09. The van der Waals surface area contributed by atoms with Crippen LogP contribution in [0.1, 0.15) is 23.9 Å². The molecule has 1 unspecified atom stereocenters. The summed E-state index contributed by atoms with van der Waals surface area (Å²) in [5.41, 5.74) is 3.63. The second-order valence-corrected chi connectivity index (χ2v) is 5.89. The van der Waals surface area contributed by atoms with Crippen molar-refractivity contribution in [2.24, 2.45) is 0 Å². The molecule has 3 heterocycles. The van der Waals surface area contributed by atoms with Crippen molar-refractivity contribution in [2.45, 2.75) is 32.4 Å². The number of aromatic nitrogens is 4. The number of nitrogens with one attached hydrogen (secondary N) is 2. The molecule has 6 heteroatoms. The van der Waals surface area contributed by atoms with Gasteiger partial charge in [0.1, 0.15) is 5.82 Å². The van der Waals surface area contributed by atoms with Crippen molar-refractivity contribution in [3.63, 3.8) is 0 Å². The summed E-state index contributed by atoms with van der Waals surface area (Å²) >= 11 is 0. The lowest BCUT2D eigenvalue weighted by Gasteiger charge is -2.26. The van der Waals surface area contributed by atoms with Crippen LogP contribution in [-0.2, 0) is 19.4 Å². The third-order valence-electron chi connectivity index (χ3n) is 4.34. The molecule has 4 rings (SSSR count). The van der Waals surface area contributed by atoms with Crippen LogP contribution in [-0.4, -0.2) is 32.4 Å². The lowest BCUT2D eigenvalue weighted by atomic mass is 9.96. The Morgan fingerprint density at radius 3 is 2.91 bits per heavy atom. The van der Waals surface area contributed by atoms with Gasteiger partial charge in [-0.1, -0.05) is 31.2 Å². The molecule has 1 atom stereocenters. The summed E-state index contributed by atoms with van der Waals surface area (Å²) in [6.45, 7) is 3.83. The van der Waals surface area contributed by atoms with E-state index in [1.54, 1.807) is 0 Å². The fourth-order valence-corrected chi connectivity index (χ4v) is 3.04. The maximum atomic E-state index is 4.59. The van der Waals surface area contributed by atoms with Gasteiger partial charge in [-0.25, -0.2) is 0 Å². The average Bonchev–Trinajstić information content (AvgIpc) is 3.02. The Bertz CT molecular complexity index is 825.